The Morgan fingerprint density at radius 3 is 2.54 bits per heavy atom. The number of pyridine rings is 1. The van der Waals surface area contributed by atoms with Crippen molar-refractivity contribution in [1.29, 1.82) is 0 Å². The van der Waals surface area contributed by atoms with Crippen molar-refractivity contribution in [2.75, 3.05) is 10.0 Å². The Kier molecular flexibility index (Phi) is 5.29. The van der Waals surface area contributed by atoms with Gasteiger partial charge in [0.1, 0.15) is 11.6 Å². The fourth-order valence-corrected chi connectivity index (χ4v) is 4.46. The van der Waals surface area contributed by atoms with E-state index in [9.17, 15) is 17.6 Å². The normalized spacial score (nSPS) is 14.3. The fourth-order valence-electron chi connectivity index (χ4n) is 2.62. The van der Waals surface area contributed by atoms with Gasteiger partial charge in [-0.1, -0.05) is 6.92 Å². The van der Waals surface area contributed by atoms with E-state index in [1.807, 2.05) is 29.5 Å². The fraction of sp³-hybridized carbons (Fsp3) is 0.353. The molecule has 2 aromatic rings. The molecule has 1 aromatic carbocycles. The summed E-state index contributed by atoms with van der Waals surface area (Å²) >= 11 is 2.00. The average molecular weight is 491 g/mol. The van der Waals surface area contributed by atoms with E-state index >= 15 is 0 Å². The van der Waals surface area contributed by atoms with Crippen LogP contribution in [0.3, 0.4) is 0 Å². The first-order valence-corrected chi connectivity index (χ1v) is 10.8. The number of sulfonamides is 1. The largest absolute Gasteiger partial charge is 0.337 e. The van der Waals surface area contributed by atoms with Crippen LogP contribution in [0.25, 0.3) is 0 Å². The van der Waals surface area contributed by atoms with Gasteiger partial charge in [0.05, 0.1) is 16.6 Å². The Labute approximate surface area is 165 Å². The van der Waals surface area contributed by atoms with Crippen LogP contribution in [-0.2, 0) is 23.5 Å². The smallest absolute Gasteiger partial charge is 0.255 e. The number of rotatable bonds is 6. The first-order chi connectivity index (χ1) is 12.2. The first-order valence-electron chi connectivity index (χ1n) is 8.19. The van der Waals surface area contributed by atoms with E-state index in [1.54, 1.807) is 12.1 Å². The monoisotopic (exact) mass is 491 g/mol. The van der Waals surface area contributed by atoms with Crippen LogP contribution in [0.1, 0.15) is 25.3 Å². The summed E-state index contributed by atoms with van der Waals surface area (Å²) in [7, 11) is -2.00. The molecule has 9 heteroatoms. The van der Waals surface area contributed by atoms with Gasteiger partial charge in [-0.15, -0.1) is 0 Å². The minimum atomic E-state index is -3.53. The Morgan fingerprint density at radius 2 is 1.96 bits per heavy atom. The summed E-state index contributed by atoms with van der Waals surface area (Å²) in [6.07, 6.45) is 1.70. The van der Waals surface area contributed by atoms with Crippen LogP contribution in [-0.4, -0.2) is 18.2 Å². The molecule has 0 spiro atoms. The number of hydrogen-bond donors (Lipinski definition) is 2. The van der Waals surface area contributed by atoms with Gasteiger partial charge in [-0.2, -0.15) is 0 Å². The van der Waals surface area contributed by atoms with Crippen molar-refractivity contribution >= 4 is 49.8 Å². The van der Waals surface area contributed by atoms with Crippen molar-refractivity contribution in [2.24, 2.45) is 7.05 Å². The summed E-state index contributed by atoms with van der Waals surface area (Å²) < 4.78 is 43.6. The molecule has 140 valence electrons. The minimum Gasteiger partial charge on any atom is -0.337 e. The number of anilines is 3. The van der Waals surface area contributed by atoms with Crippen LogP contribution in [0.15, 0.2) is 29.1 Å². The lowest BCUT2D eigenvalue weighted by Gasteiger charge is -2.19. The Hall–Kier alpha value is -1.62. The molecule has 1 aromatic heterocycles. The molecule has 0 saturated heterocycles. The molecule has 0 unspecified atom stereocenters. The Morgan fingerprint density at radius 1 is 1.27 bits per heavy atom. The second kappa shape index (κ2) is 7.18. The highest BCUT2D eigenvalue weighted by molar-refractivity contribution is 14.1. The third-order valence-electron chi connectivity index (χ3n) is 4.27. The predicted octanol–water partition coefficient (Wildman–Crippen LogP) is 3.34. The summed E-state index contributed by atoms with van der Waals surface area (Å²) in [6, 6.07) is 6.15. The lowest BCUT2D eigenvalue weighted by Crippen LogP contribution is -2.26. The van der Waals surface area contributed by atoms with Gasteiger partial charge in [0, 0.05) is 16.2 Å². The number of nitrogens with zero attached hydrogens (tertiary/aromatic N) is 1. The number of aromatic nitrogens is 1. The van der Waals surface area contributed by atoms with Crippen molar-refractivity contribution in [2.45, 2.75) is 31.4 Å². The van der Waals surface area contributed by atoms with Gasteiger partial charge in [0.15, 0.2) is 0 Å². The van der Waals surface area contributed by atoms with Crippen molar-refractivity contribution in [3.8, 4) is 0 Å². The van der Waals surface area contributed by atoms with E-state index in [2.05, 4.69) is 10.0 Å². The van der Waals surface area contributed by atoms with E-state index in [1.165, 1.54) is 23.7 Å². The van der Waals surface area contributed by atoms with Gasteiger partial charge >= 0.3 is 0 Å². The second-order valence-corrected chi connectivity index (χ2v) is 9.45. The van der Waals surface area contributed by atoms with E-state index < -0.39 is 21.1 Å². The molecule has 0 amide bonds. The minimum absolute atomic E-state index is 0.163. The van der Waals surface area contributed by atoms with Crippen LogP contribution in [0, 0.1) is 9.39 Å². The molecule has 6 nitrogen and oxygen atoms in total. The maximum Gasteiger partial charge on any atom is 0.255 e. The maximum atomic E-state index is 14.2. The summed E-state index contributed by atoms with van der Waals surface area (Å²) in [4.78, 5) is 12.5. The van der Waals surface area contributed by atoms with Crippen molar-refractivity contribution in [1.82, 2.24) is 4.57 Å². The molecule has 1 heterocycles. The number of benzene rings is 1. The SMILES string of the molecule is CCc1cc(NS(=O)(=O)C2CC2)c(Nc2ccc(I)cc2F)n(C)c1=O. The number of hydrogen-bond acceptors (Lipinski definition) is 4. The third kappa shape index (κ3) is 3.88. The van der Waals surface area contributed by atoms with Crippen molar-refractivity contribution in [3.05, 3.63) is 49.6 Å². The summed E-state index contributed by atoms with van der Waals surface area (Å²) in [6.45, 7) is 1.82. The predicted molar refractivity (Wildman–Crippen MR) is 109 cm³/mol. The zero-order valence-electron chi connectivity index (χ0n) is 14.3. The molecule has 0 bridgehead atoms. The summed E-state index contributed by atoms with van der Waals surface area (Å²) in [5.74, 6) is -0.281. The zero-order chi connectivity index (χ0) is 19.1. The molecular formula is C17H19FIN3O3S. The zero-order valence-corrected chi connectivity index (χ0v) is 17.3. The standard InChI is InChI=1S/C17H19FIN3O3S/c1-3-10-8-15(21-26(24,25)12-5-6-12)16(22(2)17(10)23)20-14-7-4-11(19)9-13(14)18/h4,7-9,12,20-21H,3,5-6H2,1-2H3. The highest BCUT2D eigenvalue weighted by atomic mass is 127. The highest BCUT2D eigenvalue weighted by Crippen LogP contribution is 2.33. The number of aryl methyl sites for hydroxylation is 1. The molecule has 0 aliphatic heterocycles. The molecule has 1 fully saturated rings. The van der Waals surface area contributed by atoms with Gasteiger partial charge in [-0.05, 0) is 66.1 Å². The molecule has 1 saturated carbocycles. The van der Waals surface area contributed by atoms with Gasteiger partial charge in [-0.25, -0.2) is 12.8 Å². The second-order valence-electron chi connectivity index (χ2n) is 6.25. The number of nitrogens with one attached hydrogen (secondary N) is 2. The lowest BCUT2D eigenvalue weighted by atomic mass is 10.2. The first kappa shape index (κ1) is 19.2. The Balaban J connectivity index is 2.09. The van der Waals surface area contributed by atoms with Crippen LogP contribution in [0.4, 0.5) is 21.6 Å². The summed E-state index contributed by atoms with van der Waals surface area (Å²) in [5.41, 5.74) is 0.634. The van der Waals surface area contributed by atoms with Crippen molar-refractivity contribution in [3.63, 3.8) is 0 Å². The van der Waals surface area contributed by atoms with Gasteiger partial charge in [0.25, 0.3) is 5.56 Å². The average Bonchev–Trinajstić information content (AvgIpc) is 3.41. The van der Waals surface area contributed by atoms with E-state index in [-0.39, 0.29) is 22.8 Å². The molecule has 0 atom stereocenters. The topological polar surface area (TPSA) is 80.2 Å². The van der Waals surface area contributed by atoms with Crippen LogP contribution in [0.5, 0.6) is 0 Å². The van der Waals surface area contributed by atoms with Crippen molar-refractivity contribution < 1.29 is 12.8 Å². The van der Waals surface area contributed by atoms with Crippen LogP contribution < -0.4 is 15.6 Å². The number of halogens is 2. The van der Waals surface area contributed by atoms with E-state index in [4.69, 9.17) is 0 Å². The van der Waals surface area contributed by atoms with E-state index in [0.29, 0.717) is 24.8 Å². The van der Waals surface area contributed by atoms with E-state index in [0.717, 1.165) is 3.57 Å². The molecule has 2 N–H and O–H groups in total. The maximum absolute atomic E-state index is 14.2. The molecule has 1 aliphatic rings. The quantitative estimate of drug-likeness (QED) is 0.608. The van der Waals surface area contributed by atoms with Crippen LogP contribution in [0.2, 0.25) is 0 Å². The highest BCUT2D eigenvalue weighted by Gasteiger charge is 2.36. The van der Waals surface area contributed by atoms with Gasteiger partial charge in [0.2, 0.25) is 10.0 Å². The van der Waals surface area contributed by atoms with Gasteiger partial charge in [-0.3, -0.25) is 14.1 Å². The molecule has 26 heavy (non-hydrogen) atoms. The molecule has 3 rings (SSSR count). The van der Waals surface area contributed by atoms with Gasteiger partial charge < -0.3 is 5.32 Å². The summed E-state index contributed by atoms with van der Waals surface area (Å²) in [5, 5.41) is 2.46. The lowest BCUT2D eigenvalue weighted by molar-refractivity contribution is 0.600. The third-order valence-corrected chi connectivity index (χ3v) is 6.79. The Bertz CT molecular complexity index is 1020. The molecular weight excluding hydrogens is 472 g/mol. The molecule has 0 radical (unpaired) electrons. The molecule has 1 aliphatic carbocycles. The van der Waals surface area contributed by atoms with Crippen LogP contribution >= 0.6 is 22.6 Å².